The minimum absolute atomic E-state index is 0.0437. The van der Waals surface area contributed by atoms with E-state index < -0.39 is 0 Å². The first-order valence-electron chi connectivity index (χ1n) is 12.9. The molecule has 2 N–H and O–H groups in total. The minimum atomic E-state index is -0.194. The Balaban J connectivity index is 1.44. The second kappa shape index (κ2) is 16.4. The van der Waals surface area contributed by atoms with Crippen LogP contribution in [0.3, 0.4) is 0 Å². The van der Waals surface area contributed by atoms with Crippen molar-refractivity contribution in [2.45, 2.75) is 96.8 Å². The summed E-state index contributed by atoms with van der Waals surface area (Å²) in [5, 5.41) is 15.0. The van der Waals surface area contributed by atoms with E-state index in [9.17, 15) is 9.90 Å². The van der Waals surface area contributed by atoms with Crippen LogP contribution in [0.2, 0.25) is 0 Å². The number of hydrogen-bond donors (Lipinski definition) is 2. The van der Waals surface area contributed by atoms with E-state index in [0.717, 1.165) is 23.6 Å². The molecule has 0 aliphatic rings. The Labute approximate surface area is 195 Å². The van der Waals surface area contributed by atoms with Crippen LogP contribution in [0.5, 0.6) is 5.75 Å². The third kappa shape index (κ3) is 10.3. The van der Waals surface area contributed by atoms with Crippen molar-refractivity contribution < 1.29 is 9.90 Å². The Kier molecular flexibility index (Phi) is 13.3. The van der Waals surface area contributed by atoms with Gasteiger partial charge in [-0.2, -0.15) is 0 Å². The van der Waals surface area contributed by atoms with E-state index in [1.807, 2.05) is 24.3 Å². The van der Waals surface area contributed by atoms with Crippen LogP contribution in [0.15, 0.2) is 48.6 Å². The predicted molar refractivity (Wildman–Crippen MR) is 137 cm³/mol. The molecule has 0 saturated heterocycles. The standard InChI is InChI=1S/C29H43NO2/c1-2-3-4-5-6-7-8-9-10-11-12-13-14-15-16-19-22-30-29(32)27-23-25-20-17-18-21-26(25)24-28(27)31/h9-10,17-18,20-21,23-24,31H,2-8,11-16,19,22H2,1H3,(H,30,32)/b10-9-. The molecule has 32 heavy (non-hydrogen) atoms. The van der Waals surface area contributed by atoms with E-state index in [-0.39, 0.29) is 11.7 Å². The van der Waals surface area contributed by atoms with E-state index >= 15 is 0 Å². The van der Waals surface area contributed by atoms with Crippen molar-refractivity contribution in [3.05, 3.63) is 54.1 Å². The summed E-state index contributed by atoms with van der Waals surface area (Å²) in [5.74, 6) is -0.150. The molecule has 0 fully saturated rings. The van der Waals surface area contributed by atoms with E-state index in [2.05, 4.69) is 24.4 Å². The van der Waals surface area contributed by atoms with Gasteiger partial charge in [-0.25, -0.2) is 0 Å². The SMILES string of the molecule is CCCCCCCC/C=C\CCCCCCCCNC(=O)c1cc2ccccc2cc1O. The van der Waals surface area contributed by atoms with Crippen LogP contribution >= 0.6 is 0 Å². The Morgan fingerprint density at radius 3 is 1.94 bits per heavy atom. The molecule has 0 heterocycles. The number of nitrogens with one attached hydrogen (secondary N) is 1. The van der Waals surface area contributed by atoms with E-state index in [0.29, 0.717) is 12.1 Å². The number of amides is 1. The highest BCUT2D eigenvalue weighted by Gasteiger charge is 2.11. The summed E-state index contributed by atoms with van der Waals surface area (Å²) in [6.07, 6.45) is 22.6. The maximum absolute atomic E-state index is 12.4. The van der Waals surface area contributed by atoms with Crippen LogP contribution in [-0.2, 0) is 0 Å². The van der Waals surface area contributed by atoms with Crippen LogP contribution in [0.25, 0.3) is 10.8 Å². The van der Waals surface area contributed by atoms with Crippen LogP contribution in [0.1, 0.15) is 107 Å². The van der Waals surface area contributed by atoms with Gasteiger partial charge in [-0.15, -0.1) is 0 Å². The smallest absolute Gasteiger partial charge is 0.255 e. The Hall–Kier alpha value is -2.29. The fourth-order valence-corrected chi connectivity index (χ4v) is 4.08. The Bertz CT molecular complexity index is 812. The number of carbonyl (C=O) groups is 1. The zero-order valence-corrected chi connectivity index (χ0v) is 20.1. The Morgan fingerprint density at radius 1 is 0.781 bits per heavy atom. The quantitative estimate of drug-likeness (QED) is 0.193. The van der Waals surface area contributed by atoms with E-state index in [1.165, 1.54) is 77.0 Å². The topological polar surface area (TPSA) is 49.3 Å². The lowest BCUT2D eigenvalue weighted by atomic mass is 10.1. The van der Waals surface area contributed by atoms with Gasteiger partial charge < -0.3 is 10.4 Å². The molecule has 0 radical (unpaired) electrons. The van der Waals surface area contributed by atoms with Crippen LogP contribution in [0.4, 0.5) is 0 Å². The van der Waals surface area contributed by atoms with Gasteiger partial charge in [0.25, 0.3) is 5.91 Å². The molecule has 2 aromatic rings. The Morgan fingerprint density at radius 2 is 1.31 bits per heavy atom. The number of rotatable bonds is 17. The van der Waals surface area contributed by atoms with Gasteiger partial charge in [0.15, 0.2) is 0 Å². The molecule has 0 aliphatic carbocycles. The summed E-state index contributed by atoms with van der Waals surface area (Å²) in [4.78, 5) is 12.4. The highest BCUT2D eigenvalue weighted by Crippen LogP contribution is 2.24. The van der Waals surface area contributed by atoms with Crippen molar-refractivity contribution >= 4 is 16.7 Å². The fraction of sp³-hybridized carbons (Fsp3) is 0.552. The molecule has 0 saturated carbocycles. The van der Waals surface area contributed by atoms with Crippen molar-refractivity contribution in [2.24, 2.45) is 0 Å². The predicted octanol–water partition coefficient (Wildman–Crippen LogP) is 8.31. The minimum Gasteiger partial charge on any atom is -0.507 e. The molecule has 2 aromatic carbocycles. The maximum atomic E-state index is 12.4. The second-order valence-electron chi connectivity index (χ2n) is 8.91. The molecule has 0 bridgehead atoms. The highest BCUT2D eigenvalue weighted by molar-refractivity contribution is 6.01. The van der Waals surface area contributed by atoms with E-state index in [4.69, 9.17) is 0 Å². The number of phenols is 1. The van der Waals surface area contributed by atoms with Crippen LogP contribution in [-0.4, -0.2) is 17.6 Å². The lowest BCUT2D eigenvalue weighted by molar-refractivity contribution is 0.0950. The molecule has 0 aromatic heterocycles. The van der Waals surface area contributed by atoms with Crippen molar-refractivity contribution in [1.82, 2.24) is 5.32 Å². The molecule has 1 amide bonds. The summed E-state index contributed by atoms with van der Waals surface area (Å²) in [6, 6.07) is 11.2. The summed E-state index contributed by atoms with van der Waals surface area (Å²) >= 11 is 0. The first-order chi connectivity index (χ1) is 15.7. The average molecular weight is 438 g/mol. The number of aromatic hydroxyl groups is 1. The molecule has 3 heteroatoms. The van der Waals surface area contributed by atoms with Crippen molar-refractivity contribution in [2.75, 3.05) is 6.54 Å². The molecule has 3 nitrogen and oxygen atoms in total. The van der Waals surface area contributed by atoms with Crippen molar-refractivity contribution in [3.8, 4) is 5.75 Å². The molecular formula is C29H43NO2. The highest BCUT2D eigenvalue weighted by atomic mass is 16.3. The summed E-state index contributed by atoms with van der Waals surface area (Å²) in [5.41, 5.74) is 0.355. The lowest BCUT2D eigenvalue weighted by Gasteiger charge is -2.08. The zero-order valence-electron chi connectivity index (χ0n) is 20.1. The molecule has 176 valence electrons. The largest absolute Gasteiger partial charge is 0.507 e. The van der Waals surface area contributed by atoms with Gasteiger partial charge in [0.1, 0.15) is 5.75 Å². The van der Waals surface area contributed by atoms with Crippen LogP contribution in [0, 0.1) is 0 Å². The monoisotopic (exact) mass is 437 g/mol. The third-order valence-corrected chi connectivity index (χ3v) is 6.08. The second-order valence-corrected chi connectivity index (χ2v) is 8.91. The number of benzene rings is 2. The zero-order chi connectivity index (χ0) is 22.9. The molecule has 0 spiro atoms. The summed E-state index contributed by atoms with van der Waals surface area (Å²) < 4.78 is 0. The number of hydrogen-bond acceptors (Lipinski definition) is 2. The first kappa shape index (κ1) is 26.0. The summed E-state index contributed by atoms with van der Waals surface area (Å²) in [6.45, 7) is 2.93. The van der Waals surface area contributed by atoms with Crippen molar-refractivity contribution in [3.63, 3.8) is 0 Å². The molecular weight excluding hydrogens is 394 g/mol. The number of allylic oxidation sites excluding steroid dienone is 2. The lowest BCUT2D eigenvalue weighted by Crippen LogP contribution is -2.24. The first-order valence-corrected chi connectivity index (χ1v) is 12.9. The molecule has 0 aliphatic heterocycles. The molecule has 0 unspecified atom stereocenters. The fourth-order valence-electron chi connectivity index (χ4n) is 4.08. The number of phenolic OH excluding ortho intramolecular Hbond substituents is 1. The van der Waals surface area contributed by atoms with Gasteiger partial charge in [0, 0.05) is 6.54 Å². The average Bonchev–Trinajstić information content (AvgIpc) is 2.80. The third-order valence-electron chi connectivity index (χ3n) is 6.08. The van der Waals surface area contributed by atoms with Gasteiger partial charge in [-0.05, 0) is 55.0 Å². The molecule has 2 rings (SSSR count). The van der Waals surface area contributed by atoms with Gasteiger partial charge >= 0.3 is 0 Å². The normalized spacial score (nSPS) is 11.4. The maximum Gasteiger partial charge on any atom is 0.255 e. The van der Waals surface area contributed by atoms with Crippen LogP contribution < -0.4 is 5.32 Å². The van der Waals surface area contributed by atoms with Gasteiger partial charge in [-0.1, -0.05) is 101 Å². The molecule has 0 atom stereocenters. The van der Waals surface area contributed by atoms with Gasteiger partial charge in [0.05, 0.1) is 5.56 Å². The summed E-state index contributed by atoms with van der Waals surface area (Å²) in [7, 11) is 0. The number of unbranched alkanes of at least 4 members (excludes halogenated alkanes) is 12. The van der Waals surface area contributed by atoms with Gasteiger partial charge in [-0.3, -0.25) is 4.79 Å². The van der Waals surface area contributed by atoms with Crippen molar-refractivity contribution in [1.29, 1.82) is 0 Å². The number of fused-ring (bicyclic) bond motifs is 1. The van der Waals surface area contributed by atoms with E-state index in [1.54, 1.807) is 12.1 Å². The van der Waals surface area contributed by atoms with Gasteiger partial charge in [0.2, 0.25) is 0 Å². The number of carbonyl (C=O) groups excluding carboxylic acids is 1.